The second-order valence-electron chi connectivity index (χ2n) is 5.38. The minimum absolute atomic E-state index is 0.100. The van der Waals surface area contributed by atoms with E-state index in [1.807, 2.05) is 32.0 Å². The van der Waals surface area contributed by atoms with E-state index in [2.05, 4.69) is 10.5 Å². The van der Waals surface area contributed by atoms with Gasteiger partial charge < -0.3 is 19.3 Å². The lowest BCUT2D eigenvalue weighted by Crippen LogP contribution is -2.28. The molecule has 6 heteroatoms. The van der Waals surface area contributed by atoms with Gasteiger partial charge in [-0.3, -0.25) is 4.79 Å². The Balaban J connectivity index is 2.12. The fourth-order valence-corrected chi connectivity index (χ4v) is 2.46. The predicted molar refractivity (Wildman–Crippen MR) is 85.8 cm³/mol. The number of hydrogen-bond donors (Lipinski definition) is 1. The van der Waals surface area contributed by atoms with Gasteiger partial charge in [-0.25, -0.2) is 0 Å². The molecule has 0 aliphatic rings. The first-order chi connectivity index (χ1) is 11.0. The highest BCUT2D eigenvalue weighted by Gasteiger charge is 2.18. The molecule has 1 aromatic heterocycles. The van der Waals surface area contributed by atoms with E-state index in [1.54, 1.807) is 21.1 Å². The molecule has 0 bridgehead atoms. The average Bonchev–Trinajstić information content (AvgIpc) is 2.85. The summed E-state index contributed by atoms with van der Waals surface area (Å²) in [6, 6.07) is 5.29. The van der Waals surface area contributed by atoms with Crippen LogP contribution >= 0.6 is 0 Å². The molecule has 0 aliphatic carbocycles. The first-order valence-corrected chi connectivity index (χ1v) is 7.39. The highest BCUT2D eigenvalue weighted by molar-refractivity contribution is 5.79. The Morgan fingerprint density at radius 1 is 1.30 bits per heavy atom. The molecule has 0 saturated heterocycles. The lowest BCUT2D eigenvalue weighted by Gasteiger charge is -2.18. The zero-order chi connectivity index (χ0) is 17.0. The number of methoxy groups -OCH3 is 2. The average molecular weight is 318 g/mol. The van der Waals surface area contributed by atoms with Gasteiger partial charge in [0, 0.05) is 11.1 Å². The van der Waals surface area contributed by atoms with Gasteiger partial charge in [-0.1, -0.05) is 5.16 Å². The van der Waals surface area contributed by atoms with Crippen LogP contribution in [-0.2, 0) is 11.2 Å². The molecule has 124 valence electrons. The van der Waals surface area contributed by atoms with E-state index in [-0.39, 0.29) is 18.4 Å². The second-order valence-corrected chi connectivity index (χ2v) is 5.38. The van der Waals surface area contributed by atoms with E-state index < -0.39 is 0 Å². The molecule has 1 heterocycles. The molecular weight excluding hydrogens is 296 g/mol. The van der Waals surface area contributed by atoms with Crippen LogP contribution in [0.2, 0.25) is 0 Å². The van der Waals surface area contributed by atoms with Crippen LogP contribution in [0.25, 0.3) is 0 Å². The zero-order valence-corrected chi connectivity index (χ0v) is 14.1. The Bertz CT molecular complexity index is 674. The van der Waals surface area contributed by atoms with Crippen LogP contribution in [0.5, 0.6) is 11.5 Å². The van der Waals surface area contributed by atoms with E-state index in [0.717, 1.165) is 16.8 Å². The molecule has 0 radical (unpaired) electrons. The van der Waals surface area contributed by atoms with Crippen molar-refractivity contribution in [2.45, 2.75) is 33.2 Å². The zero-order valence-electron chi connectivity index (χ0n) is 14.1. The van der Waals surface area contributed by atoms with Gasteiger partial charge in [0.05, 0.1) is 32.4 Å². The number of benzene rings is 1. The summed E-state index contributed by atoms with van der Waals surface area (Å²) in [5, 5.41) is 6.84. The number of carbonyl (C=O) groups excluding carboxylic acids is 1. The summed E-state index contributed by atoms with van der Waals surface area (Å²) in [7, 11) is 3.20. The summed E-state index contributed by atoms with van der Waals surface area (Å²) in [5.74, 6) is 1.99. The molecule has 6 nitrogen and oxygen atoms in total. The van der Waals surface area contributed by atoms with E-state index >= 15 is 0 Å². The molecule has 1 N–H and O–H groups in total. The maximum Gasteiger partial charge on any atom is 0.225 e. The van der Waals surface area contributed by atoms with Gasteiger partial charge in [-0.15, -0.1) is 0 Å². The Morgan fingerprint density at radius 3 is 2.61 bits per heavy atom. The number of rotatable bonds is 6. The van der Waals surface area contributed by atoms with Gasteiger partial charge in [0.25, 0.3) is 0 Å². The summed E-state index contributed by atoms with van der Waals surface area (Å²) >= 11 is 0. The Labute approximate surface area is 135 Å². The molecule has 0 aliphatic heterocycles. The highest BCUT2D eigenvalue weighted by atomic mass is 16.5. The summed E-state index contributed by atoms with van der Waals surface area (Å²) < 4.78 is 15.7. The van der Waals surface area contributed by atoms with E-state index in [0.29, 0.717) is 17.3 Å². The largest absolute Gasteiger partial charge is 0.497 e. The number of nitrogens with one attached hydrogen (secondary N) is 1. The van der Waals surface area contributed by atoms with Gasteiger partial charge in [-0.2, -0.15) is 0 Å². The van der Waals surface area contributed by atoms with E-state index in [9.17, 15) is 4.79 Å². The van der Waals surface area contributed by atoms with Crippen LogP contribution < -0.4 is 14.8 Å². The van der Waals surface area contributed by atoms with Gasteiger partial charge in [-0.05, 0) is 39.0 Å². The molecule has 2 aromatic rings. The van der Waals surface area contributed by atoms with Gasteiger partial charge >= 0.3 is 0 Å². The van der Waals surface area contributed by atoms with Crippen molar-refractivity contribution in [1.29, 1.82) is 0 Å². The normalized spacial score (nSPS) is 11.9. The number of aryl methyl sites for hydroxylation is 2. The number of hydrogen-bond acceptors (Lipinski definition) is 5. The van der Waals surface area contributed by atoms with Crippen molar-refractivity contribution in [3.63, 3.8) is 0 Å². The summed E-state index contributed by atoms with van der Waals surface area (Å²) in [6.07, 6.45) is 0.234. The minimum atomic E-state index is -0.215. The number of amides is 1. The number of carbonyl (C=O) groups is 1. The maximum absolute atomic E-state index is 12.3. The van der Waals surface area contributed by atoms with Gasteiger partial charge in [0.2, 0.25) is 5.91 Å². The van der Waals surface area contributed by atoms with Crippen LogP contribution in [0.4, 0.5) is 0 Å². The van der Waals surface area contributed by atoms with Crippen molar-refractivity contribution in [2.24, 2.45) is 0 Å². The third-order valence-electron chi connectivity index (χ3n) is 3.80. The molecule has 1 unspecified atom stereocenters. The van der Waals surface area contributed by atoms with Crippen LogP contribution in [-0.4, -0.2) is 25.3 Å². The van der Waals surface area contributed by atoms with Gasteiger partial charge in [0.1, 0.15) is 17.3 Å². The quantitative estimate of drug-likeness (QED) is 0.886. The van der Waals surface area contributed by atoms with Crippen LogP contribution in [0.1, 0.15) is 35.5 Å². The summed E-state index contributed by atoms with van der Waals surface area (Å²) in [4.78, 5) is 12.3. The fourth-order valence-electron chi connectivity index (χ4n) is 2.46. The van der Waals surface area contributed by atoms with Crippen LogP contribution in [0.3, 0.4) is 0 Å². The molecule has 0 saturated carbocycles. The topological polar surface area (TPSA) is 73.6 Å². The standard InChI is InChI=1S/C17H22N2O4/c1-10(15-8-13(21-4)6-7-16(15)22-5)18-17(20)9-14-11(2)19-23-12(14)3/h6-8,10H,9H2,1-5H3,(H,18,20). The lowest BCUT2D eigenvalue weighted by atomic mass is 10.1. The van der Waals surface area contributed by atoms with E-state index in [1.165, 1.54) is 0 Å². The molecule has 2 rings (SSSR count). The SMILES string of the molecule is COc1ccc(OC)c(C(C)NC(=O)Cc2c(C)noc2C)c1. The first kappa shape index (κ1) is 16.9. The number of nitrogens with zero attached hydrogens (tertiary/aromatic N) is 1. The molecule has 1 atom stereocenters. The Morgan fingerprint density at radius 2 is 2.04 bits per heavy atom. The molecule has 1 aromatic carbocycles. The number of ether oxygens (including phenoxy) is 2. The van der Waals surface area contributed by atoms with Crippen molar-refractivity contribution in [3.8, 4) is 11.5 Å². The second kappa shape index (κ2) is 7.17. The van der Waals surface area contributed by atoms with Crippen LogP contribution in [0, 0.1) is 13.8 Å². The lowest BCUT2D eigenvalue weighted by molar-refractivity contribution is -0.121. The first-order valence-electron chi connectivity index (χ1n) is 7.39. The highest BCUT2D eigenvalue weighted by Crippen LogP contribution is 2.29. The summed E-state index contributed by atoms with van der Waals surface area (Å²) in [5.41, 5.74) is 2.43. The van der Waals surface area contributed by atoms with Crippen molar-refractivity contribution in [1.82, 2.24) is 10.5 Å². The van der Waals surface area contributed by atoms with Crippen molar-refractivity contribution in [2.75, 3.05) is 14.2 Å². The smallest absolute Gasteiger partial charge is 0.225 e. The van der Waals surface area contributed by atoms with Crippen molar-refractivity contribution in [3.05, 3.63) is 40.8 Å². The van der Waals surface area contributed by atoms with Crippen molar-refractivity contribution >= 4 is 5.91 Å². The Hall–Kier alpha value is -2.50. The van der Waals surface area contributed by atoms with Gasteiger partial charge in [0.15, 0.2) is 0 Å². The molecule has 0 fully saturated rings. The third-order valence-corrected chi connectivity index (χ3v) is 3.80. The molecule has 23 heavy (non-hydrogen) atoms. The van der Waals surface area contributed by atoms with Crippen molar-refractivity contribution < 1.29 is 18.8 Å². The van der Waals surface area contributed by atoms with E-state index in [4.69, 9.17) is 14.0 Å². The van der Waals surface area contributed by atoms with Crippen LogP contribution in [0.15, 0.2) is 22.7 Å². The third kappa shape index (κ3) is 3.83. The summed E-state index contributed by atoms with van der Waals surface area (Å²) in [6.45, 7) is 5.54. The fraction of sp³-hybridized carbons (Fsp3) is 0.412. The molecule has 0 spiro atoms. The minimum Gasteiger partial charge on any atom is -0.497 e. The molecule has 1 amide bonds. The molecular formula is C17H22N2O4. The Kier molecular flexibility index (Phi) is 5.26. The monoisotopic (exact) mass is 318 g/mol. The maximum atomic E-state index is 12.3. The number of aromatic nitrogens is 1. The predicted octanol–water partition coefficient (Wildman–Crippen LogP) is 2.73.